The molecule has 3 rings (SSSR count). The molecular weight excluding hydrogens is 266 g/mol. The Balaban J connectivity index is 1.54. The molecule has 1 atom stereocenters. The van der Waals surface area contributed by atoms with Gasteiger partial charge in [0.2, 0.25) is 5.91 Å². The summed E-state index contributed by atoms with van der Waals surface area (Å²) in [6.07, 6.45) is 7.99. The summed E-state index contributed by atoms with van der Waals surface area (Å²) in [5, 5.41) is 2.76. The van der Waals surface area contributed by atoms with E-state index < -0.39 is 6.04 Å². The maximum atomic E-state index is 12.4. The first kappa shape index (κ1) is 14.0. The molecule has 1 spiro atoms. The minimum atomic E-state index is -0.494. The fourth-order valence-electron chi connectivity index (χ4n) is 2.99. The van der Waals surface area contributed by atoms with E-state index in [-0.39, 0.29) is 11.8 Å². The van der Waals surface area contributed by atoms with E-state index in [0.29, 0.717) is 11.0 Å². The third kappa shape index (κ3) is 3.06. The number of hydrogen-bond acceptors (Lipinski definition) is 3. The van der Waals surface area contributed by atoms with Crippen LogP contribution in [0.2, 0.25) is 0 Å². The summed E-state index contributed by atoms with van der Waals surface area (Å²) in [7, 11) is 0. The van der Waals surface area contributed by atoms with Crippen molar-refractivity contribution in [3.8, 4) is 0 Å². The molecule has 0 bridgehead atoms. The molecule has 2 aliphatic rings. The molecule has 112 valence electrons. The summed E-state index contributed by atoms with van der Waals surface area (Å²) in [6.45, 7) is 3.40. The van der Waals surface area contributed by atoms with E-state index >= 15 is 0 Å². The maximum Gasteiger partial charge on any atom is 0.253 e. The van der Waals surface area contributed by atoms with Crippen molar-refractivity contribution < 1.29 is 9.59 Å². The molecule has 21 heavy (non-hydrogen) atoms. The van der Waals surface area contributed by atoms with E-state index in [1.807, 2.05) is 4.90 Å². The molecule has 2 amide bonds. The second-order valence-electron chi connectivity index (χ2n) is 6.26. The predicted octanol–water partition coefficient (Wildman–Crippen LogP) is 1.60. The predicted molar refractivity (Wildman–Crippen MR) is 78.6 cm³/mol. The zero-order valence-corrected chi connectivity index (χ0v) is 12.3. The number of carbonyl (C=O) groups is 2. The number of piperidine rings is 1. The van der Waals surface area contributed by atoms with Gasteiger partial charge in [0.25, 0.3) is 5.91 Å². The third-order valence-corrected chi connectivity index (χ3v) is 4.73. The lowest BCUT2D eigenvalue weighted by atomic mass is 9.93. The molecule has 0 aromatic carbocycles. The van der Waals surface area contributed by atoms with Crippen molar-refractivity contribution in [1.82, 2.24) is 15.2 Å². The number of nitrogens with one attached hydrogen (secondary N) is 1. The van der Waals surface area contributed by atoms with Crippen LogP contribution in [0, 0.1) is 5.41 Å². The van der Waals surface area contributed by atoms with Crippen molar-refractivity contribution in [3.63, 3.8) is 0 Å². The lowest BCUT2D eigenvalue weighted by Gasteiger charge is -2.33. The molecule has 2 fully saturated rings. The fourth-order valence-corrected chi connectivity index (χ4v) is 2.99. The zero-order chi connectivity index (χ0) is 14.9. The number of amides is 2. The van der Waals surface area contributed by atoms with Crippen molar-refractivity contribution in [2.45, 2.75) is 38.6 Å². The lowest BCUT2D eigenvalue weighted by molar-refractivity contribution is -0.134. The maximum absolute atomic E-state index is 12.4. The van der Waals surface area contributed by atoms with Crippen LogP contribution in [0.1, 0.15) is 43.0 Å². The van der Waals surface area contributed by atoms with Gasteiger partial charge in [0, 0.05) is 25.5 Å². The molecule has 1 saturated heterocycles. The molecule has 5 heteroatoms. The first-order valence-electron chi connectivity index (χ1n) is 7.59. The molecule has 1 unspecified atom stereocenters. The van der Waals surface area contributed by atoms with Crippen LogP contribution in [-0.2, 0) is 4.79 Å². The fraction of sp³-hybridized carbons (Fsp3) is 0.562. The summed E-state index contributed by atoms with van der Waals surface area (Å²) < 4.78 is 0. The normalized spacial score (nSPS) is 20.9. The van der Waals surface area contributed by atoms with Gasteiger partial charge in [-0.15, -0.1) is 0 Å². The van der Waals surface area contributed by atoms with Gasteiger partial charge in [-0.05, 0) is 50.2 Å². The van der Waals surface area contributed by atoms with Crippen molar-refractivity contribution in [2.24, 2.45) is 5.41 Å². The molecule has 1 aromatic heterocycles. The summed E-state index contributed by atoms with van der Waals surface area (Å²) >= 11 is 0. The standard InChI is InChI=1S/C16H21N3O2/c1-12(18-14(20)13-3-2-8-17-11-13)15(21)19-9-6-16(4-5-16)7-10-19/h2-3,8,11-12H,4-7,9-10H2,1H3,(H,18,20). The van der Waals surface area contributed by atoms with Gasteiger partial charge >= 0.3 is 0 Å². The van der Waals surface area contributed by atoms with Gasteiger partial charge in [-0.25, -0.2) is 0 Å². The molecule has 1 N–H and O–H groups in total. The third-order valence-electron chi connectivity index (χ3n) is 4.73. The Morgan fingerprint density at radius 1 is 1.29 bits per heavy atom. The smallest absolute Gasteiger partial charge is 0.253 e. The Morgan fingerprint density at radius 2 is 2.00 bits per heavy atom. The highest BCUT2D eigenvalue weighted by Crippen LogP contribution is 2.53. The van der Waals surface area contributed by atoms with Crippen molar-refractivity contribution in [3.05, 3.63) is 30.1 Å². The average molecular weight is 287 g/mol. The lowest BCUT2D eigenvalue weighted by Crippen LogP contribution is -2.49. The number of hydrogen-bond donors (Lipinski definition) is 1. The van der Waals surface area contributed by atoms with Crippen LogP contribution in [0.15, 0.2) is 24.5 Å². The number of pyridine rings is 1. The molecule has 1 saturated carbocycles. The Hall–Kier alpha value is -1.91. The first-order valence-corrected chi connectivity index (χ1v) is 7.59. The SMILES string of the molecule is CC(NC(=O)c1cccnc1)C(=O)N1CCC2(CC1)CC2. The summed E-state index contributed by atoms with van der Waals surface area (Å²) in [5.41, 5.74) is 1.03. The molecular formula is C16H21N3O2. The summed E-state index contributed by atoms with van der Waals surface area (Å²) in [4.78, 5) is 30.2. The molecule has 1 aromatic rings. The minimum Gasteiger partial charge on any atom is -0.341 e. The van der Waals surface area contributed by atoms with E-state index in [0.717, 1.165) is 25.9 Å². The topological polar surface area (TPSA) is 62.3 Å². The van der Waals surface area contributed by atoms with Crippen LogP contribution < -0.4 is 5.32 Å². The second kappa shape index (κ2) is 5.47. The quantitative estimate of drug-likeness (QED) is 0.918. The molecule has 1 aliphatic heterocycles. The Kier molecular flexibility index (Phi) is 3.66. The number of likely N-dealkylation sites (tertiary alicyclic amines) is 1. The van der Waals surface area contributed by atoms with Crippen LogP contribution >= 0.6 is 0 Å². The zero-order valence-electron chi connectivity index (χ0n) is 12.3. The van der Waals surface area contributed by atoms with Crippen LogP contribution in [0.3, 0.4) is 0 Å². The van der Waals surface area contributed by atoms with Gasteiger partial charge in [-0.1, -0.05) is 0 Å². The van der Waals surface area contributed by atoms with Gasteiger partial charge < -0.3 is 10.2 Å². The highest BCUT2D eigenvalue weighted by Gasteiger charge is 2.45. The Bertz CT molecular complexity index is 530. The highest BCUT2D eigenvalue weighted by atomic mass is 16.2. The first-order chi connectivity index (χ1) is 10.1. The van der Waals surface area contributed by atoms with Gasteiger partial charge in [0.1, 0.15) is 6.04 Å². The average Bonchev–Trinajstić information content (AvgIpc) is 3.27. The van der Waals surface area contributed by atoms with Gasteiger partial charge in [-0.2, -0.15) is 0 Å². The van der Waals surface area contributed by atoms with E-state index in [1.54, 1.807) is 25.3 Å². The van der Waals surface area contributed by atoms with Crippen molar-refractivity contribution in [1.29, 1.82) is 0 Å². The van der Waals surface area contributed by atoms with Gasteiger partial charge in [0.15, 0.2) is 0 Å². The number of nitrogens with zero attached hydrogens (tertiary/aromatic N) is 2. The van der Waals surface area contributed by atoms with E-state index in [9.17, 15) is 9.59 Å². The van der Waals surface area contributed by atoms with Crippen LogP contribution in [0.4, 0.5) is 0 Å². The van der Waals surface area contributed by atoms with Crippen molar-refractivity contribution in [2.75, 3.05) is 13.1 Å². The van der Waals surface area contributed by atoms with Gasteiger partial charge in [0.05, 0.1) is 5.56 Å². The number of rotatable bonds is 3. The second-order valence-corrected chi connectivity index (χ2v) is 6.26. The number of aromatic nitrogens is 1. The summed E-state index contributed by atoms with van der Waals surface area (Å²) in [5.74, 6) is -0.234. The molecule has 0 radical (unpaired) electrons. The van der Waals surface area contributed by atoms with E-state index in [2.05, 4.69) is 10.3 Å². The Morgan fingerprint density at radius 3 is 2.57 bits per heavy atom. The van der Waals surface area contributed by atoms with Crippen molar-refractivity contribution >= 4 is 11.8 Å². The van der Waals surface area contributed by atoms with Crippen LogP contribution in [0.25, 0.3) is 0 Å². The van der Waals surface area contributed by atoms with Crippen LogP contribution in [0.5, 0.6) is 0 Å². The molecule has 2 heterocycles. The molecule has 1 aliphatic carbocycles. The summed E-state index contributed by atoms with van der Waals surface area (Å²) in [6, 6.07) is 2.91. The monoisotopic (exact) mass is 287 g/mol. The Labute approximate surface area is 124 Å². The molecule has 5 nitrogen and oxygen atoms in total. The number of carbonyl (C=O) groups excluding carboxylic acids is 2. The van der Waals surface area contributed by atoms with Gasteiger partial charge in [-0.3, -0.25) is 14.6 Å². The van der Waals surface area contributed by atoms with E-state index in [1.165, 1.54) is 19.0 Å². The minimum absolute atomic E-state index is 0.0164. The van der Waals surface area contributed by atoms with E-state index in [4.69, 9.17) is 0 Å². The largest absolute Gasteiger partial charge is 0.341 e. The van der Waals surface area contributed by atoms with Crippen LogP contribution in [-0.4, -0.2) is 40.8 Å². The highest BCUT2D eigenvalue weighted by molar-refractivity contribution is 5.97.